The van der Waals surface area contributed by atoms with Crippen LogP contribution in [0.15, 0.2) is 41.3 Å². The lowest BCUT2D eigenvalue weighted by molar-refractivity contribution is -0.139. The molecule has 28 heavy (non-hydrogen) atoms. The molecule has 9 heteroatoms. The number of carboxylic acids is 1. The second kappa shape index (κ2) is 8.05. The smallest absolute Gasteiger partial charge is 0.341 e. The predicted octanol–water partition coefficient (Wildman–Crippen LogP) is 3.00. The van der Waals surface area contributed by atoms with Crippen molar-refractivity contribution in [1.29, 1.82) is 0 Å². The molecule has 1 aliphatic rings. The van der Waals surface area contributed by atoms with Crippen LogP contribution in [0.1, 0.15) is 18.4 Å². The topological polar surface area (TPSA) is 95.9 Å². The molecule has 0 amide bonds. The number of halogens is 1. The Bertz CT molecular complexity index is 988. The minimum Gasteiger partial charge on any atom is -0.482 e. The van der Waals surface area contributed by atoms with Gasteiger partial charge in [-0.05, 0) is 55.7 Å². The summed E-state index contributed by atoms with van der Waals surface area (Å²) < 4.78 is 47.1. The molecule has 2 N–H and O–H groups in total. The number of ether oxygens (including phenoxy) is 1. The van der Waals surface area contributed by atoms with Crippen LogP contribution in [0.3, 0.4) is 0 Å². The van der Waals surface area contributed by atoms with E-state index in [-0.39, 0.29) is 16.3 Å². The highest BCUT2D eigenvalue weighted by Gasteiger charge is 2.19. The van der Waals surface area contributed by atoms with Crippen LogP contribution >= 0.6 is 0 Å². The molecule has 2 aromatic carbocycles. The normalized spacial score (nSPS) is 14.1. The summed E-state index contributed by atoms with van der Waals surface area (Å²) in [4.78, 5) is 12.5. The van der Waals surface area contributed by atoms with Gasteiger partial charge >= 0.3 is 5.97 Å². The van der Waals surface area contributed by atoms with Gasteiger partial charge in [-0.1, -0.05) is 0 Å². The number of aliphatic carboxylic acids is 1. The molecule has 1 fully saturated rings. The number of nitrogens with one attached hydrogen (secondary N) is 1. The standard InChI is InChI=1S/C19H21FN2O5S/c1-13-10-15(5-7-18(13)27-12-19(23)24)28(25,26)21-14-4-6-17(16(20)11-14)22-8-2-3-9-22/h4-7,10-11,21H,2-3,8-9,12H2,1H3,(H,23,24). The number of benzene rings is 2. The average molecular weight is 408 g/mol. The Labute approximate surface area is 162 Å². The number of hydrogen-bond donors (Lipinski definition) is 2. The maximum atomic E-state index is 14.4. The first-order valence-corrected chi connectivity index (χ1v) is 10.3. The van der Waals surface area contributed by atoms with E-state index in [4.69, 9.17) is 9.84 Å². The number of rotatable bonds is 7. The van der Waals surface area contributed by atoms with Gasteiger partial charge in [-0.3, -0.25) is 4.72 Å². The Balaban J connectivity index is 1.77. The maximum absolute atomic E-state index is 14.4. The van der Waals surface area contributed by atoms with Crippen molar-refractivity contribution >= 4 is 27.4 Å². The Morgan fingerprint density at radius 1 is 1.21 bits per heavy atom. The van der Waals surface area contributed by atoms with Crippen LogP contribution in [0.5, 0.6) is 5.75 Å². The fourth-order valence-electron chi connectivity index (χ4n) is 3.09. The van der Waals surface area contributed by atoms with Crippen molar-refractivity contribution in [2.75, 3.05) is 29.3 Å². The van der Waals surface area contributed by atoms with Crippen molar-refractivity contribution in [1.82, 2.24) is 0 Å². The molecule has 0 unspecified atom stereocenters. The molecule has 0 aromatic heterocycles. The van der Waals surface area contributed by atoms with Gasteiger partial charge < -0.3 is 14.7 Å². The second-order valence-corrected chi connectivity index (χ2v) is 8.26. The number of carboxylic acid groups (broad SMARTS) is 1. The number of hydrogen-bond acceptors (Lipinski definition) is 5. The van der Waals surface area contributed by atoms with Crippen LogP contribution in [0.25, 0.3) is 0 Å². The van der Waals surface area contributed by atoms with E-state index in [2.05, 4.69) is 4.72 Å². The number of anilines is 2. The number of sulfonamides is 1. The number of carbonyl (C=O) groups is 1. The first kappa shape index (κ1) is 19.9. The highest BCUT2D eigenvalue weighted by atomic mass is 32.2. The molecule has 0 saturated carbocycles. The summed E-state index contributed by atoms with van der Waals surface area (Å²) in [6.07, 6.45) is 2.03. The van der Waals surface area contributed by atoms with Gasteiger partial charge in [-0.2, -0.15) is 0 Å². The molecule has 0 radical (unpaired) electrons. The summed E-state index contributed by atoms with van der Waals surface area (Å²) in [7, 11) is -3.93. The predicted molar refractivity (Wildman–Crippen MR) is 103 cm³/mol. The molecule has 0 spiro atoms. The van der Waals surface area contributed by atoms with Crippen LogP contribution < -0.4 is 14.4 Å². The second-order valence-electron chi connectivity index (χ2n) is 6.58. The van der Waals surface area contributed by atoms with E-state index in [0.29, 0.717) is 11.3 Å². The molecule has 3 rings (SSSR count). The summed E-state index contributed by atoms with van der Waals surface area (Å²) in [6, 6.07) is 8.35. The molecule has 0 atom stereocenters. The summed E-state index contributed by atoms with van der Waals surface area (Å²) >= 11 is 0. The van der Waals surface area contributed by atoms with Crippen LogP contribution in [0.4, 0.5) is 15.8 Å². The number of aryl methyl sites for hydroxylation is 1. The lowest BCUT2D eigenvalue weighted by Gasteiger charge is -2.19. The van der Waals surface area contributed by atoms with Gasteiger partial charge in [0.2, 0.25) is 0 Å². The largest absolute Gasteiger partial charge is 0.482 e. The monoisotopic (exact) mass is 408 g/mol. The van der Waals surface area contributed by atoms with Crippen molar-refractivity contribution in [3.63, 3.8) is 0 Å². The van der Waals surface area contributed by atoms with Gasteiger partial charge in [0, 0.05) is 19.2 Å². The van der Waals surface area contributed by atoms with Gasteiger partial charge in [0.15, 0.2) is 6.61 Å². The highest BCUT2D eigenvalue weighted by molar-refractivity contribution is 7.92. The van der Waals surface area contributed by atoms with Crippen LogP contribution in [-0.4, -0.2) is 39.2 Å². The molecular weight excluding hydrogens is 387 g/mol. The zero-order valence-electron chi connectivity index (χ0n) is 15.3. The molecule has 7 nitrogen and oxygen atoms in total. The van der Waals surface area contributed by atoms with Crippen LogP contribution in [-0.2, 0) is 14.8 Å². The molecule has 150 valence electrons. The first-order chi connectivity index (χ1) is 13.3. The minimum absolute atomic E-state index is 0.0308. The molecule has 0 aliphatic carbocycles. The summed E-state index contributed by atoms with van der Waals surface area (Å²) in [6.45, 7) is 2.67. The van der Waals surface area contributed by atoms with Crippen LogP contribution in [0, 0.1) is 12.7 Å². The summed E-state index contributed by atoms with van der Waals surface area (Å²) in [5, 5.41) is 8.66. The summed E-state index contributed by atoms with van der Waals surface area (Å²) in [5.41, 5.74) is 1.07. The van der Waals surface area contributed by atoms with Gasteiger partial charge in [-0.15, -0.1) is 0 Å². The fourth-order valence-corrected chi connectivity index (χ4v) is 4.22. The van der Waals surface area contributed by atoms with Crippen molar-refractivity contribution in [3.8, 4) is 5.75 Å². The SMILES string of the molecule is Cc1cc(S(=O)(=O)Nc2ccc(N3CCCC3)c(F)c2)ccc1OCC(=O)O. The molecular formula is C19H21FN2O5S. The third kappa shape index (κ3) is 4.53. The van der Waals surface area contributed by atoms with Gasteiger partial charge in [0.25, 0.3) is 10.0 Å². The lowest BCUT2D eigenvalue weighted by Crippen LogP contribution is -2.19. The Hall–Kier alpha value is -2.81. The Morgan fingerprint density at radius 2 is 1.93 bits per heavy atom. The zero-order chi connectivity index (χ0) is 20.3. The van der Waals surface area contributed by atoms with Crippen molar-refractivity contribution in [2.24, 2.45) is 0 Å². The van der Waals surface area contributed by atoms with Crippen LogP contribution in [0.2, 0.25) is 0 Å². The van der Waals surface area contributed by atoms with E-state index in [1.165, 1.54) is 30.3 Å². The van der Waals surface area contributed by atoms with E-state index in [0.717, 1.165) is 25.9 Å². The van der Waals surface area contributed by atoms with Crippen molar-refractivity contribution in [3.05, 3.63) is 47.8 Å². The lowest BCUT2D eigenvalue weighted by atomic mass is 10.2. The van der Waals surface area contributed by atoms with E-state index >= 15 is 0 Å². The summed E-state index contributed by atoms with van der Waals surface area (Å²) in [5.74, 6) is -1.32. The zero-order valence-corrected chi connectivity index (χ0v) is 16.1. The van der Waals surface area contributed by atoms with E-state index < -0.39 is 28.4 Å². The van der Waals surface area contributed by atoms with Gasteiger partial charge in [0.1, 0.15) is 11.6 Å². The maximum Gasteiger partial charge on any atom is 0.341 e. The van der Waals surface area contributed by atoms with E-state index in [9.17, 15) is 17.6 Å². The van der Waals surface area contributed by atoms with Crippen molar-refractivity contribution in [2.45, 2.75) is 24.7 Å². The molecule has 1 saturated heterocycles. The minimum atomic E-state index is -3.93. The quantitative estimate of drug-likeness (QED) is 0.731. The van der Waals surface area contributed by atoms with Gasteiger partial charge in [-0.25, -0.2) is 17.6 Å². The molecule has 1 heterocycles. The molecule has 2 aromatic rings. The Kier molecular flexibility index (Phi) is 5.73. The number of nitrogens with zero attached hydrogens (tertiary/aromatic N) is 1. The Morgan fingerprint density at radius 3 is 2.54 bits per heavy atom. The fraction of sp³-hybridized carbons (Fsp3) is 0.316. The van der Waals surface area contributed by atoms with E-state index in [1.807, 2.05) is 4.90 Å². The first-order valence-electron chi connectivity index (χ1n) is 8.79. The van der Waals surface area contributed by atoms with Gasteiger partial charge in [0.05, 0.1) is 16.3 Å². The van der Waals surface area contributed by atoms with E-state index in [1.54, 1.807) is 13.0 Å². The average Bonchev–Trinajstić information content (AvgIpc) is 3.14. The highest BCUT2D eigenvalue weighted by Crippen LogP contribution is 2.28. The van der Waals surface area contributed by atoms with Crippen molar-refractivity contribution < 1.29 is 27.4 Å². The third-order valence-electron chi connectivity index (χ3n) is 4.45. The molecule has 0 bridgehead atoms. The third-order valence-corrected chi connectivity index (χ3v) is 5.83. The molecule has 1 aliphatic heterocycles.